The van der Waals surface area contributed by atoms with Crippen LogP contribution in [-0.2, 0) is 23.4 Å². The average molecular weight is 363 g/mol. The van der Waals surface area contributed by atoms with Gasteiger partial charge in [-0.2, -0.15) is 0 Å². The Morgan fingerprint density at radius 1 is 0.875 bits per heavy atom. The maximum Gasteiger partial charge on any atom is 0.305 e. The summed E-state index contributed by atoms with van der Waals surface area (Å²) in [6.45, 7) is 16.3. The highest BCUT2D eigenvalue weighted by Crippen LogP contribution is 2.36. The molecular weight excluding hydrogens is 324 g/mol. The standard InChI is InChI=1S/C18H38O5Si/c1-7-8-9-10-17(19)22-15-13-20-11-12-21-14-16-23-24(5,6)18(2,3)4/h7-16H2,1-6H3. The molecule has 0 aliphatic rings. The second kappa shape index (κ2) is 12.9. The van der Waals surface area contributed by atoms with Gasteiger partial charge in [-0.25, -0.2) is 0 Å². The zero-order valence-corrected chi connectivity index (χ0v) is 17.6. The first-order chi connectivity index (χ1) is 11.2. The summed E-state index contributed by atoms with van der Waals surface area (Å²) >= 11 is 0. The van der Waals surface area contributed by atoms with Gasteiger partial charge >= 0.3 is 5.97 Å². The number of rotatable bonds is 14. The zero-order chi connectivity index (χ0) is 18.5. The van der Waals surface area contributed by atoms with Crippen LogP contribution in [0.4, 0.5) is 0 Å². The molecule has 0 atom stereocenters. The van der Waals surface area contributed by atoms with Gasteiger partial charge in [0.15, 0.2) is 8.32 Å². The molecule has 0 spiro atoms. The summed E-state index contributed by atoms with van der Waals surface area (Å²) in [5.41, 5.74) is 0. The first-order valence-electron chi connectivity index (χ1n) is 9.16. The van der Waals surface area contributed by atoms with E-state index in [1.165, 1.54) is 0 Å². The summed E-state index contributed by atoms with van der Waals surface area (Å²) in [5, 5.41) is 0.226. The van der Waals surface area contributed by atoms with E-state index in [1.807, 2.05) is 0 Å². The first kappa shape index (κ1) is 23.6. The van der Waals surface area contributed by atoms with Crippen molar-refractivity contribution in [1.29, 1.82) is 0 Å². The molecule has 0 rings (SSSR count). The second-order valence-corrected chi connectivity index (χ2v) is 12.3. The summed E-state index contributed by atoms with van der Waals surface area (Å²) in [6.07, 6.45) is 3.59. The number of hydrogen-bond acceptors (Lipinski definition) is 5. The van der Waals surface area contributed by atoms with Gasteiger partial charge in [-0.1, -0.05) is 40.5 Å². The molecule has 6 heteroatoms. The Labute approximate surface area is 149 Å². The van der Waals surface area contributed by atoms with E-state index in [0.29, 0.717) is 46.1 Å². The van der Waals surface area contributed by atoms with Crippen molar-refractivity contribution in [3.05, 3.63) is 0 Å². The third-order valence-corrected chi connectivity index (χ3v) is 8.88. The minimum absolute atomic E-state index is 0.133. The highest BCUT2D eigenvalue weighted by atomic mass is 28.4. The lowest BCUT2D eigenvalue weighted by Gasteiger charge is -2.36. The van der Waals surface area contributed by atoms with Crippen LogP contribution in [0.3, 0.4) is 0 Å². The van der Waals surface area contributed by atoms with E-state index in [4.69, 9.17) is 18.6 Å². The van der Waals surface area contributed by atoms with Crippen molar-refractivity contribution < 1.29 is 23.4 Å². The molecule has 24 heavy (non-hydrogen) atoms. The van der Waals surface area contributed by atoms with E-state index < -0.39 is 8.32 Å². The molecule has 0 bridgehead atoms. The normalized spacial score (nSPS) is 12.4. The lowest BCUT2D eigenvalue weighted by molar-refractivity contribution is -0.145. The predicted octanol–water partition coefficient (Wildman–Crippen LogP) is 4.16. The molecule has 0 aliphatic carbocycles. The smallest absolute Gasteiger partial charge is 0.305 e. The van der Waals surface area contributed by atoms with Gasteiger partial charge in [-0.05, 0) is 24.6 Å². The number of hydrogen-bond donors (Lipinski definition) is 0. The van der Waals surface area contributed by atoms with Crippen LogP contribution in [-0.4, -0.2) is 53.9 Å². The SMILES string of the molecule is CCCCCC(=O)OCCOCCOCCO[Si](C)(C)C(C)(C)C. The Morgan fingerprint density at radius 3 is 1.96 bits per heavy atom. The Bertz CT molecular complexity index is 326. The van der Waals surface area contributed by atoms with Crippen molar-refractivity contribution in [3.8, 4) is 0 Å². The Morgan fingerprint density at radius 2 is 1.42 bits per heavy atom. The Balaban J connectivity index is 3.39. The third-order valence-electron chi connectivity index (χ3n) is 4.34. The van der Waals surface area contributed by atoms with Gasteiger partial charge in [-0.15, -0.1) is 0 Å². The van der Waals surface area contributed by atoms with Gasteiger partial charge < -0.3 is 18.6 Å². The zero-order valence-electron chi connectivity index (χ0n) is 16.6. The van der Waals surface area contributed by atoms with Crippen LogP contribution in [0.2, 0.25) is 18.1 Å². The van der Waals surface area contributed by atoms with Crippen molar-refractivity contribution in [3.63, 3.8) is 0 Å². The summed E-state index contributed by atoms with van der Waals surface area (Å²) < 4.78 is 22.0. The fourth-order valence-corrected chi connectivity index (χ4v) is 2.73. The third kappa shape index (κ3) is 12.0. The summed E-state index contributed by atoms with van der Waals surface area (Å²) in [7, 11) is -1.67. The van der Waals surface area contributed by atoms with E-state index in [0.717, 1.165) is 19.3 Å². The maximum atomic E-state index is 11.4. The monoisotopic (exact) mass is 362 g/mol. The molecule has 0 saturated carbocycles. The Kier molecular flexibility index (Phi) is 12.6. The molecule has 0 fully saturated rings. The van der Waals surface area contributed by atoms with Gasteiger partial charge in [0.25, 0.3) is 0 Å². The molecule has 144 valence electrons. The topological polar surface area (TPSA) is 54.0 Å². The Hall–Kier alpha value is -0.433. The predicted molar refractivity (Wildman–Crippen MR) is 99.9 cm³/mol. The van der Waals surface area contributed by atoms with Crippen molar-refractivity contribution in [2.24, 2.45) is 0 Å². The number of carbonyl (C=O) groups excluding carboxylic acids is 1. The quantitative estimate of drug-likeness (QED) is 0.264. The first-order valence-corrected chi connectivity index (χ1v) is 12.1. The molecule has 0 saturated heterocycles. The molecule has 0 aromatic carbocycles. The number of esters is 1. The van der Waals surface area contributed by atoms with Crippen LogP contribution in [0.15, 0.2) is 0 Å². The van der Waals surface area contributed by atoms with Crippen LogP contribution in [0.5, 0.6) is 0 Å². The fourth-order valence-electron chi connectivity index (χ4n) is 1.70. The molecule has 0 N–H and O–H groups in total. The van der Waals surface area contributed by atoms with Crippen molar-refractivity contribution in [2.75, 3.05) is 39.6 Å². The average Bonchev–Trinajstić information content (AvgIpc) is 2.48. The van der Waals surface area contributed by atoms with E-state index >= 15 is 0 Å². The maximum absolute atomic E-state index is 11.4. The van der Waals surface area contributed by atoms with E-state index in [1.54, 1.807) is 0 Å². The lowest BCUT2D eigenvalue weighted by atomic mass is 10.2. The molecular formula is C18H38O5Si. The molecule has 0 amide bonds. The minimum Gasteiger partial charge on any atom is -0.463 e. The van der Waals surface area contributed by atoms with Gasteiger partial charge in [0.2, 0.25) is 0 Å². The molecule has 0 radical (unpaired) electrons. The minimum atomic E-state index is -1.67. The van der Waals surface area contributed by atoms with Gasteiger partial charge in [0, 0.05) is 6.42 Å². The van der Waals surface area contributed by atoms with E-state index in [2.05, 4.69) is 40.8 Å². The van der Waals surface area contributed by atoms with Crippen LogP contribution >= 0.6 is 0 Å². The van der Waals surface area contributed by atoms with Gasteiger partial charge in [-0.3, -0.25) is 4.79 Å². The van der Waals surface area contributed by atoms with Crippen LogP contribution in [0, 0.1) is 0 Å². The largest absolute Gasteiger partial charge is 0.463 e. The van der Waals surface area contributed by atoms with Crippen molar-refractivity contribution in [1.82, 2.24) is 0 Å². The second-order valence-electron chi connectivity index (χ2n) is 7.51. The molecule has 0 aliphatic heterocycles. The summed E-state index contributed by atoms with van der Waals surface area (Å²) in [5.74, 6) is -0.133. The highest BCUT2D eigenvalue weighted by Gasteiger charge is 2.36. The number of unbranched alkanes of at least 4 members (excludes halogenated alkanes) is 2. The van der Waals surface area contributed by atoms with Crippen LogP contribution in [0.25, 0.3) is 0 Å². The summed E-state index contributed by atoms with van der Waals surface area (Å²) in [4.78, 5) is 11.4. The van der Waals surface area contributed by atoms with Gasteiger partial charge in [0.1, 0.15) is 6.61 Å². The lowest BCUT2D eigenvalue weighted by Crippen LogP contribution is -2.41. The van der Waals surface area contributed by atoms with Crippen LogP contribution < -0.4 is 0 Å². The number of ether oxygens (including phenoxy) is 3. The highest BCUT2D eigenvalue weighted by molar-refractivity contribution is 6.74. The molecule has 0 aromatic rings. The number of carbonyl (C=O) groups is 1. The molecule has 0 heterocycles. The fraction of sp³-hybridized carbons (Fsp3) is 0.944. The van der Waals surface area contributed by atoms with Crippen molar-refractivity contribution in [2.45, 2.75) is 71.5 Å². The van der Waals surface area contributed by atoms with Crippen LogP contribution in [0.1, 0.15) is 53.4 Å². The molecule has 0 aromatic heterocycles. The molecule has 5 nitrogen and oxygen atoms in total. The van der Waals surface area contributed by atoms with Gasteiger partial charge in [0.05, 0.1) is 33.0 Å². The molecule has 0 unspecified atom stereocenters. The van der Waals surface area contributed by atoms with E-state index in [9.17, 15) is 4.79 Å². The van der Waals surface area contributed by atoms with E-state index in [-0.39, 0.29) is 11.0 Å². The van der Waals surface area contributed by atoms with Crippen molar-refractivity contribution >= 4 is 14.3 Å². The summed E-state index contributed by atoms with van der Waals surface area (Å²) in [6, 6.07) is 0.